The van der Waals surface area contributed by atoms with E-state index in [1.165, 1.54) is 10.0 Å². The molecule has 0 N–H and O–H groups in total. The van der Waals surface area contributed by atoms with Crippen molar-refractivity contribution < 1.29 is 0 Å². The van der Waals surface area contributed by atoms with Crippen LogP contribution in [0.1, 0.15) is 5.56 Å². The normalized spacial score (nSPS) is 9.25. The van der Waals surface area contributed by atoms with Gasteiger partial charge in [-0.25, -0.2) is 0 Å². The Morgan fingerprint density at radius 3 is 2.75 bits per heavy atom. The van der Waals surface area contributed by atoms with Crippen LogP contribution in [0.4, 0.5) is 0 Å². The molecule has 1 heterocycles. The molecule has 1 nitrogen and oxygen atoms in total. The number of aromatic nitrogens is 1. The van der Waals surface area contributed by atoms with Crippen LogP contribution in [-0.4, -0.2) is 21.8 Å². The third-order valence-corrected chi connectivity index (χ3v) is 2.32. The van der Waals surface area contributed by atoms with Crippen LogP contribution in [0.15, 0.2) is 18.3 Å². The van der Waals surface area contributed by atoms with Crippen molar-refractivity contribution in [3.63, 3.8) is 0 Å². The Bertz CT molecular complexity index is 165. The number of hydrogen-bond acceptors (Lipinski definition) is 1. The summed E-state index contributed by atoms with van der Waals surface area (Å²) in [6.07, 6.45) is 1.82. The molecular formula is C6H8AsN. The van der Waals surface area contributed by atoms with E-state index in [1.807, 2.05) is 12.3 Å². The predicted molar refractivity (Wildman–Crippen MR) is 37.2 cm³/mol. The molecular weight excluding hydrogens is 161 g/mol. The second kappa shape index (κ2) is 2.32. The quantitative estimate of drug-likeness (QED) is 0.483. The van der Waals surface area contributed by atoms with E-state index in [-0.39, 0.29) is 0 Å². The fourth-order valence-corrected chi connectivity index (χ4v) is 0.880. The van der Waals surface area contributed by atoms with Gasteiger partial charge in [-0.1, -0.05) is 0 Å². The zero-order valence-electron chi connectivity index (χ0n) is 4.76. The molecule has 0 spiro atoms. The molecule has 1 rings (SSSR count). The van der Waals surface area contributed by atoms with E-state index in [2.05, 4.69) is 18.0 Å². The van der Waals surface area contributed by atoms with Crippen molar-refractivity contribution in [2.24, 2.45) is 0 Å². The standard InChI is InChI=1S/C6H8AsN/c1-5-3-2-4-8-6(5)7/h2-4H,7H2,1H3. The topological polar surface area (TPSA) is 12.9 Å². The Morgan fingerprint density at radius 2 is 2.38 bits per heavy atom. The van der Waals surface area contributed by atoms with Gasteiger partial charge in [0.1, 0.15) is 0 Å². The second-order valence-electron chi connectivity index (χ2n) is 1.71. The molecule has 42 valence electrons. The Balaban J connectivity index is 3.13. The van der Waals surface area contributed by atoms with E-state index in [4.69, 9.17) is 0 Å². The average molecular weight is 169 g/mol. The van der Waals surface area contributed by atoms with Crippen molar-refractivity contribution in [3.05, 3.63) is 23.9 Å². The van der Waals surface area contributed by atoms with Crippen molar-refractivity contribution in [1.82, 2.24) is 4.98 Å². The molecule has 1 aromatic heterocycles. The van der Waals surface area contributed by atoms with Crippen LogP contribution in [-0.2, 0) is 0 Å². The molecule has 0 fully saturated rings. The van der Waals surface area contributed by atoms with E-state index >= 15 is 0 Å². The molecule has 1 unspecified atom stereocenters. The monoisotopic (exact) mass is 169 g/mol. The Hall–Kier alpha value is -0.292. The minimum atomic E-state index is 1.18. The summed E-state index contributed by atoms with van der Waals surface area (Å²) < 4.78 is 1.18. The van der Waals surface area contributed by atoms with Gasteiger partial charge in [0.05, 0.1) is 0 Å². The van der Waals surface area contributed by atoms with Gasteiger partial charge in [-0.15, -0.1) is 0 Å². The van der Waals surface area contributed by atoms with E-state index in [0.29, 0.717) is 0 Å². The van der Waals surface area contributed by atoms with Gasteiger partial charge in [0.25, 0.3) is 0 Å². The van der Waals surface area contributed by atoms with Crippen molar-refractivity contribution in [3.8, 4) is 0 Å². The van der Waals surface area contributed by atoms with Crippen molar-refractivity contribution in [2.75, 3.05) is 0 Å². The van der Waals surface area contributed by atoms with Gasteiger partial charge in [0.15, 0.2) is 0 Å². The van der Waals surface area contributed by atoms with Crippen LogP contribution in [0, 0.1) is 6.92 Å². The van der Waals surface area contributed by atoms with Crippen LogP contribution < -0.4 is 4.48 Å². The summed E-state index contributed by atoms with van der Waals surface area (Å²) in [4.78, 5) is 4.11. The van der Waals surface area contributed by atoms with Crippen LogP contribution >= 0.6 is 0 Å². The maximum absolute atomic E-state index is 4.11. The molecule has 2 heteroatoms. The van der Waals surface area contributed by atoms with Crippen LogP contribution in [0.5, 0.6) is 0 Å². The summed E-state index contributed by atoms with van der Waals surface area (Å²) in [6.45, 7) is 2.07. The molecule has 0 bridgehead atoms. The minimum absolute atomic E-state index is 1.18. The Labute approximate surface area is 57.6 Å². The van der Waals surface area contributed by atoms with Crippen molar-refractivity contribution in [2.45, 2.75) is 6.92 Å². The number of aryl methyl sites for hydroxylation is 1. The van der Waals surface area contributed by atoms with Crippen molar-refractivity contribution >= 4 is 21.3 Å². The predicted octanol–water partition coefficient (Wildman–Crippen LogP) is -0.352. The van der Waals surface area contributed by atoms with Crippen LogP contribution in [0.2, 0.25) is 0 Å². The van der Waals surface area contributed by atoms with Crippen LogP contribution in [0.25, 0.3) is 0 Å². The number of nitrogens with zero attached hydrogens (tertiary/aromatic N) is 1. The van der Waals surface area contributed by atoms with E-state index in [0.717, 1.165) is 0 Å². The summed E-state index contributed by atoms with van der Waals surface area (Å²) in [5, 5.41) is 0. The molecule has 1 atom stereocenters. The summed E-state index contributed by atoms with van der Waals surface area (Å²) in [6, 6.07) is 4.03. The van der Waals surface area contributed by atoms with E-state index in [9.17, 15) is 0 Å². The van der Waals surface area contributed by atoms with Crippen LogP contribution in [0.3, 0.4) is 0 Å². The van der Waals surface area contributed by atoms with Gasteiger partial charge < -0.3 is 0 Å². The Kier molecular flexibility index (Phi) is 1.69. The zero-order chi connectivity index (χ0) is 5.98. The van der Waals surface area contributed by atoms with Gasteiger partial charge in [-0.2, -0.15) is 0 Å². The fraction of sp³-hybridized carbons (Fsp3) is 0.167. The van der Waals surface area contributed by atoms with Gasteiger partial charge in [0, 0.05) is 0 Å². The summed E-state index contributed by atoms with van der Waals surface area (Å²) in [5.41, 5.74) is 1.28. The molecule has 0 saturated heterocycles. The summed E-state index contributed by atoms with van der Waals surface area (Å²) in [5.74, 6) is 0. The molecule has 8 heavy (non-hydrogen) atoms. The summed E-state index contributed by atoms with van der Waals surface area (Å²) in [7, 11) is 0. The fourth-order valence-electron chi connectivity index (χ4n) is 0.498. The third kappa shape index (κ3) is 1.10. The number of pyridine rings is 1. The SMILES string of the molecule is Cc1cccnc1[AsH2]. The molecule has 0 aliphatic rings. The first kappa shape index (κ1) is 5.84. The maximum atomic E-state index is 4.11. The molecule has 0 saturated carbocycles. The first-order valence-corrected chi connectivity index (χ1v) is 3.69. The van der Waals surface area contributed by atoms with Crippen molar-refractivity contribution in [1.29, 1.82) is 0 Å². The first-order valence-electron chi connectivity index (χ1n) is 2.48. The van der Waals surface area contributed by atoms with E-state index < -0.39 is 0 Å². The molecule has 0 aliphatic carbocycles. The molecule has 0 aliphatic heterocycles. The molecule has 0 radical (unpaired) electrons. The van der Waals surface area contributed by atoms with Gasteiger partial charge in [-0.3, -0.25) is 0 Å². The van der Waals surface area contributed by atoms with E-state index in [1.54, 1.807) is 16.9 Å². The zero-order valence-corrected chi connectivity index (χ0v) is 7.18. The first-order chi connectivity index (χ1) is 3.80. The Morgan fingerprint density at radius 1 is 1.62 bits per heavy atom. The average Bonchev–Trinajstić information content (AvgIpc) is 1.77. The summed E-state index contributed by atoms with van der Waals surface area (Å²) >= 11 is 1.58. The molecule has 1 aromatic rings. The molecule has 0 amide bonds. The number of hydrogen-bond donors (Lipinski definition) is 0. The van der Waals surface area contributed by atoms with Gasteiger partial charge >= 0.3 is 57.1 Å². The second-order valence-corrected chi connectivity index (χ2v) is 2.85. The third-order valence-electron chi connectivity index (χ3n) is 1.05. The number of rotatable bonds is 0. The van der Waals surface area contributed by atoms with Gasteiger partial charge in [-0.05, 0) is 0 Å². The molecule has 0 aromatic carbocycles. The van der Waals surface area contributed by atoms with Gasteiger partial charge in [0.2, 0.25) is 0 Å².